The van der Waals surface area contributed by atoms with Gasteiger partial charge in [0.1, 0.15) is 17.6 Å². The Balaban J connectivity index is 1.71. The summed E-state index contributed by atoms with van der Waals surface area (Å²) < 4.78 is 7.08. The fraction of sp³-hybridized carbons (Fsp3) is 0.474. The summed E-state index contributed by atoms with van der Waals surface area (Å²) in [7, 11) is 1.61. The van der Waals surface area contributed by atoms with E-state index in [-0.39, 0.29) is 5.91 Å². The molecule has 27 heavy (non-hydrogen) atoms. The Morgan fingerprint density at radius 1 is 1.41 bits per heavy atom. The third kappa shape index (κ3) is 4.42. The average molecular weight is 385 g/mol. The quantitative estimate of drug-likeness (QED) is 0.768. The maximum atomic E-state index is 12.7. The average Bonchev–Trinajstić information content (AvgIpc) is 3.16. The predicted molar refractivity (Wildman–Crippen MR) is 103 cm³/mol. The molecule has 1 atom stereocenters. The molecule has 1 aromatic carbocycles. The molecule has 1 amide bonds. The van der Waals surface area contributed by atoms with Crippen molar-refractivity contribution in [3.63, 3.8) is 0 Å². The van der Waals surface area contributed by atoms with Gasteiger partial charge in [0, 0.05) is 6.07 Å². The number of carbonyl (C=O) groups excluding carboxylic acids is 1. The van der Waals surface area contributed by atoms with Crippen LogP contribution in [0, 0.1) is 11.3 Å². The normalized spacial score (nSPS) is 16.9. The van der Waals surface area contributed by atoms with Crippen LogP contribution in [0.4, 0.5) is 0 Å². The number of hydrogen-bond donors (Lipinski definition) is 1. The minimum absolute atomic E-state index is 0.149. The zero-order valence-corrected chi connectivity index (χ0v) is 16.3. The molecule has 0 spiro atoms. The molecule has 0 bridgehead atoms. The van der Waals surface area contributed by atoms with E-state index in [1.54, 1.807) is 13.4 Å². The van der Waals surface area contributed by atoms with Gasteiger partial charge in [-0.05, 0) is 31.9 Å². The van der Waals surface area contributed by atoms with Crippen molar-refractivity contribution >= 4 is 17.7 Å². The molecule has 0 radical (unpaired) electrons. The number of hydrogen-bond acceptors (Lipinski definition) is 6. The van der Waals surface area contributed by atoms with Gasteiger partial charge >= 0.3 is 0 Å². The summed E-state index contributed by atoms with van der Waals surface area (Å²) in [6, 6.07) is 9.88. The van der Waals surface area contributed by atoms with Crippen LogP contribution in [-0.4, -0.2) is 38.6 Å². The Morgan fingerprint density at radius 3 is 2.89 bits per heavy atom. The molecular weight excluding hydrogens is 362 g/mol. The lowest BCUT2D eigenvalue weighted by atomic mass is 9.83. The van der Waals surface area contributed by atoms with Crippen molar-refractivity contribution in [1.82, 2.24) is 20.1 Å². The summed E-state index contributed by atoms with van der Waals surface area (Å²) in [4.78, 5) is 12.7. The van der Waals surface area contributed by atoms with Gasteiger partial charge in [-0.2, -0.15) is 5.26 Å². The van der Waals surface area contributed by atoms with Crippen LogP contribution in [0.2, 0.25) is 0 Å². The Bertz CT molecular complexity index is 839. The Hall–Kier alpha value is -2.53. The van der Waals surface area contributed by atoms with Gasteiger partial charge in [-0.3, -0.25) is 9.36 Å². The molecule has 1 N–H and O–H groups in total. The van der Waals surface area contributed by atoms with Crippen molar-refractivity contribution in [3.8, 4) is 17.5 Å². The first-order valence-corrected chi connectivity index (χ1v) is 9.89. The van der Waals surface area contributed by atoms with Crippen LogP contribution in [0.1, 0.15) is 39.0 Å². The van der Waals surface area contributed by atoms with E-state index in [1.807, 2.05) is 35.8 Å². The molecule has 0 saturated heterocycles. The standard InChI is InChI=1S/C19H23N5O2S/c1-14(17(25)22-19(12-20)9-4-3-5-10-19)27-18-23-21-13-24(18)15-7-6-8-16(11-15)26-2/h6-8,11,13-14H,3-5,9-10H2,1-2H3,(H,22,25)/t14-/m1/s1. The second-order valence-electron chi connectivity index (χ2n) is 6.69. The van der Waals surface area contributed by atoms with Crippen molar-refractivity contribution < 1.29 is 9.53 Å². The highest BCUT2D eigenvalue weighted by molar-refractivity contribution is 8.00. The van der Waals surface area contributed by atoms with E-state index < -0.39 is 10.8 Å². The first kappa shape index (κ1) is 19.2. The van der Waals surface area contributed by atoms with Crippen LogP contribution in [0.5, 0.6) is 5.75 Å². The van der Waals surface area contributed by atoms with E-state index in [4.69, 9.17) is 4.74 Å². The monoisotopic (exact) mass is 385 g/mol. The number of carbonyl (C=O) groups is 1. The number of aromatic nitrogens is 3. The number of nitriles is 1. The maximum absolute atomic E-state index is 12.7. The first-order chi connectivity index (χ1) is 13.1. The van der Waals surface area contributed by atoms with Gasteiger partial charge in [-0.15, -0.1) is 10.2 Å². The lowest BCUT2D eigenvalue weighted by molar-refractivity contribution is -0.121. The lowest BCUT2D eigenvalue weighted by Crippen LogP contribution is -2.50. The number of ether oxygens (including phenoxy) is 1. The molecule has 1 aliphatic rings. The van der Waals surface area contributed by atoms with Crippen molar-refractivity contribution in [2.75, 3.05) is 7.11 Å². The number of benzene rings is 1. The van der Waals surface area contributed by atoms with E-state index in [0.717, 1.165) is 30.7 Å². The zero-order valence-electron chi connectivity index (χ0n) is 15.5. The summed E-state index contributed by atoms with van der Waals surface area (Å²) in [5.74, 6) is 0.583. The van der Waals surface area contributed by atoms with Gasteiger partial charge in [-0.1, -0.05) is 37.1 Å². The van der Waals surface area contributed by atoms with Gasteiger partial charge in [0.25, 0.3) is 0 Å². The highest BCUT2D eigenvalue weighted by Gasteiger charge is 2.35. The molecular formula is C19H23N5O2S. The zero-order chi connectivity index (χ0) is 19.3. The predicted octanol–water partition coefficient (Wildman–Crippen LogP) is 3.10. The van der Waals surface area contributed by atoms with Crippen molar-refractivity contribution in [2.24, 2.45) is 0 Å². The van der Waals surface area contributed by atoms with Crippen LogP contribution in [0.25, 0.3) is 5.69 Å². The summed E-state index contributed by atoms with van der Waals surface area (Å²) in [6.45, 7) is 1.82. The van der Waals surface area contributed by atoms with Crippen LogP contribution in [-0.2, 0) is 4.79 Å². The smallest absolute Gasteiger partial charge is 0.234 e. The van der Waals surface area contributed by atoms with E-state index >= 15 is 0 Å². The summed E-state index contributed by atoms with van der Waals surface area (Å²) in [5.41, 5.74) is 0.125. The molecule has 142 valence electrons. The second kappa shape index (κ2) is 8.44. The lowest BCUT2D eigenvalue weighted by Gasteiger charge is -2.32. The van der Waals surface area contributed by atoms with Crippen LogP contribution >= 0.6 is 11.8 Å². The molecule has 0 unspecified atom stereocenters. The van der Waals surface area contributed by atoms with Crippen molar-refractivity contribution in [1.29, 1.82) is 5.26 Å². The van der Waals surface area contributed by atoms with Crippen LogP contribution < -0.4 is 10.1 Å². The molecule has 3 rings (SSSR count). The van der Waals surface area contributed by atoms with Crippen LogP contribution in [0.3, 0.4) is 0 Å². The minimum Gasteiger partial charge on any atom is -0.497 e. The minimum atomic E-state index is -0.732. The molecule has 7 nitrogen and oxygen atoms in total. The van der Waals surface area contributed by atoms with Gasteiger partial charge in [-0.25, -0.2) is 0 Å². The highest BCUT2D eigenvalue weighted by atomic mass is 32.2. The molecule has 1 aliphatic carbocycles. The van der Waals surface area contributed by atoms with Gasteiger partial charge < -0.3 is 10.1 Å². The number of amides is 1. The maximum Gasteiger partial charge on any atom is 0.234 e. The summed E-state index contributed by atoms with van der Waals surface area (Å²) >= 11 is 1.32. The number of methoxy groups -OCH3 is 1. The number of nitrogens with zero attached hydrogens (tertiary/aromatic N) is 4. The van der Waals surface area contributed by atoms with Gasteiger partial charge in [0.15, 0.2) is 5.16 Å². The fourth-order valence-electron chi connectivity index (χ4n) is 3.21. The highest BCUT2D eigenvalue weighted by Crippen LogP contribution is 2.30. The van der Waals surface area contributed by atoms with Gasteiger partial charge in [0.2, 0.25) is 5.91 Å². The molecule has 2 aromatic rings. The van der Waals surface area contributed by atoms with Crippen molar-refractivity contribution in [3.05, 3.63) is 30.6 Å². The third-order valence-electron chi connectivity index (χ3n) is 4.78. The SMILES string of the molecule is COc1cccc(-n2cnnc2S[C@H](C)C(=O)NC2(C#N)CCCCC2)c1. The third-order valence-corrected chi connectivity index (χ3v) is 5.84. The largest absolute Gasteiger partial charge is 0.497 e. The Kier molecular flexibility index (Phi) is 6.01. The Morgan fingerprint density at radius 2 is 2.19 bits per heavy atom. The van der Waals surface area contributed by atoms with E-state index in [2.05, 4.69) is 21.6 Å². The molecule has 1 fully saturated rings. The molecule has 1 heterocycles. The van der Waals surface area contributed by atoms with E-state index in [1.165, 1.54) is 11.8 Å². The van der Waals surface area contributed by atoms with E-state index in [9.17, 15) is 10.1 Å². The van der Waals surface area contributed by atoms with E-state index in [0.29, 0.717) is 18.0 Å². The molecule has 8 heteroatoms. The molecule has 1 aromatic heterocycles. The topological polar surface area (TPSA) is 92.8 Å². The second-order valence-corrected chi connectivity index (χ2v) is 8.00. The summed E-state index contributed by atoms with van der Waals surface area (Å²) in [6.07, 6.45) is 6.10. The van der Waals surface area contributed by atoms with Gasteiger partial charge in [0.05, 0.1) is 24.1 Å². The summed E-state index contributed by atoms with van der Waals surface area (Å²) in [5, 5.41) is 20.9. The molecule has 1 saturated carbocycles. The van der Waals surface area contributed by atoms with Crippen molar-refractivity contribution in [2.45, 2.75) is 55.0 Å². The number of rotatable bonds is 6. The fourth-order valence-corrected chi connectivity index (χ4v) is 4.05. The number of thioether (sulfide) groups is 1. The molecule has 0 aliphatic heterocycles. The van der Waals surface area contributed by atoms with Crippen LogP contribution in [0.15, 0.2) is 35.7 Å². The number of nitrogens with one attached hydrogen (secondary N) is 1. The Labute approximate surface area is 163 Å². The first-order valence-electron chi connectivity index (χ1n) is 9.01.